The molecule has 0 aliphatic carbocycles. The summed E-state index contributed by atoms with van der Waals surface area (Å²) in [5.41, 5.74) is 1.14. The molecule has 2 aromatic carbocycles. The lowest BCUT2D eigenvalue weighted by atomic mass is 9.74. The first-order chi connectivity index (χ1) is 13.1. The molecule has 3 rings (SSSR count). The molecule has 0 atom stereocenters. The number of benzene rings is 2. The molecule has 1 aliphatic rings. The summed E-state index contributed by atoms with van der Waals surface area (Å²) in [6, 6.07) is 15.5. The Kier molecular flexibility index (Phi) is 7.16. The molecule has 144 valence electrons. The molecule has 6 heteroatoms. The van der Waals surface area contributed by atoms with E-state index < -0.39 is 0 Å². The molecule has 4 nitrogen and oxygen atoms in total. The molecule has 1 saturated heterocycles. The van der Waals surface area contributed by atoms with Crippen molar-refractivity contribution in [2.45, 2.75) is 24.7 Å². The van der Waals surface area contributed by atoms with Crippen molar-refractivity contribution >= 4 is 33.4 Å². The van der Waals surface area contributed by atoms with E-state index in [0.717, 1.165) is 17.3 Å². The molecule has 0 saturated carbocycles. The van der Waals surface area contributed by atoms with E-state index in [9.17, 15) is 4.79 Å². The van der Waals surface area contributed by atoms with E-state index in [1.165, 1.54) is 5.56 Å². The molecule has 0 radical (unpaired) electrons. The van der Waals surface area contributed by atoms with E-state index in [4.69, 9.17) is 21.1 Å². The highest BCUT2D eigenvalue weighted by atomic mass is 79.9. The van der Waals surface area contributed by atoms with Crippen LogP contribution < -0.4 is 10.1 Å². The molecule has 0 bridgehead atoms. The third-order valence-corrected chi connectivity index (χ3v) is 5.63. The predicted molar refractivity (Wildman–Crippen MR) is 110 cm³/mol. The minimum Gasteiger partial charge on any atom is -0.493 e. The topological polar surface area (TPSA) is 47.6 Å². The summed E-state index contributed by atoms with van der Waals surface area (Å²) in [5.74, 6) is 0.656. The van der Waals surface area contributed by atoms with E-state index in [2.05, 4.69) is 33.4 Å². The predicted octanol–water partition coefficient (Wildman–Crippen LogP) is 4.74. The van der Waals surface area contributed by atoms with Crippen molar-refractivity contribution in [3.63, 3.8) is 0 Å². The van der Waals surface area contributed by atoms with E-state index in [1.807, 2.05) is 24.3 Å². The van der Waals surface area contributed by atoms with Gasteiger partial charge >= 0.3 is 0 Å². The van der Waals surface area contributed by atoms with Crippen molar-refractivity contribution < 1.29 is 14.3 Å². The Hall–Kier alpha value is -1.56. The molecule has 0 unspecified atom stereocenters. The fourth-order valence-corrected chi connectivity index (χ4v) is 3.90. The fourth-order valence-electron chi connectivity index (χ4n) is 3.32. The number of amides is 1. The highest BCUT2D eigenvalue weighted by Crippen LogP contribution is 2.35. The highest BCUT2D eigenvalue weighted by Gasteiger charge is 2.34. The maximum absolute atomic E-state index is 12.3. The van der Waals surface area contributed by atoms with Gasteiger partial charge in [-0.3, -0.25) is 4.79 Å². The second-order valence-electron chi connectivity index (χ2n) is 6.74. The molecule has 27 heavy (non-hydrogen) atoms. The first-order valence-corrected chi connectivity index (χ1v) is 10.2. The summed E-state index contributed by atoms with van der Waals surface area (Å²) in [6.07, 6.45) is 2.09. The van der Waals surface area contributed by atoms with Crippen molar-refractivity contribution in [1.29, 1.82) is 0 Å². The zero-order valence-electron chi connectivity index (χ0n) is 15.0. The van der Waals surface area contributed by atoms with Crippen molar-refractivity contribution in [1.82, 2.24) is 5.32 Å². The summed E-state index contributed by atoms with van der Waals surface area (Å²) in [6.45, 7) is 2.34. The second kappa shape index (κ2) is 9.58. The maximum Gasteiger partial charge on any atom is 0.223 e. The zero-order chi connectivity index (χ0) is 19.1. The summed E-state index contributed by atoms with van der Waals surface area (Å²) in [7, 11) is 0. The van der Waals surface area contributed by atoms with Gasteiger partial charge in [-0.05, 0) is 48.7 Å². The van der Waals surface area contributed by atoms with Gasteiger partial charge in [0.2, 0.25) is 5.91 Å². The minimum atomic E-state index is -0.0918. The van der Waals surface area contributed by atoms with Gasteiger partial charge < -0.3 is 14.8 Å². The van der Waals surface area contributed by atoms with Crippen LogP contribution in [0, 0.1) is 0 Å². The van der Waals surface area contributed by atoms with Gasteiger partial charge in [-0.1, -0.05) is 45.7 Å². The van der Waals surface area contributed by atoms with Crippen molar-refractivity contribution in [3.05, 3.63) is 63.6 Å². The number of ether oxygens (including phenoxy) is 2. The number of carbonyl (C=O) groups is 1. The summed E-state index contributed by atoms with van der Waals surface area (Å²) in [4.78, 5) is 12.3. The third kappa shape index (κ3) is 5.71. The fraction of sp³-hybridized carbons (Fsp3) is 0.381. The Labute approximate surface area is 173 Å². The summed E-state index contributed by atoms with van der Waals surface area (Å²) >= 11 is 9.48. The molecular formula is C21H23BrClNO3. The molecule has 0 spiro atoms. The van der Waals surface area contributed by atoms with Crippen LogP contribution in [0.2, 0.25) is 5.02 Å². The van der Waals surface area contributed by atoms with Gasteiger partial charge in [0.1, 0.15) is 5.75 Å². The molecule has 1 N–H and O–H groups in total. The van der Waals surface area contributed by atoms with Crippen LogP contribution in [0.4, 0.5) is 0 Å². The minimum absolute atomic E-state index is 0.0158. The van der Waals surface area contributed by atoms with Crippen LogP contribution in [0.1, 0.15) is 24.8 Å². The van der Waals surface area contributed by atoms with Gasteiger partial charge in [0.25, 0.3) is 0 Å². The Morgan fingerprint density at radius 2 is 1.96 bits per heavy atom. The standard InChI is InChI=1S/C21H23BrClNO3/c22-17-4-1-3-16(13-17)21(8-11-26-12-9-21)15-24-20(25)7-10-27-19-6-2-5-18(23)14-19/h1-6,13-14H,7-12,15H2,(H,24,25). The van der Waals surface area contributed by atoms with Crippen molar-refractivity contribution in [2.24, 2.45) is 0 Å². The van der Waals surface area contributed by atoms with Crippen LogP contribution in [0.3, 0.4) is 0 Å². The number of halogens is 2. The average molecular weight is 453 g/mol. The summed E-state index contributed by atoms with van der Waals surface area (Å²) in [5, 5.41) is 3.71. The lowest BCUT2D eigenvalue weighted by Gasteiger charge is -2.38. The molecule has 1 aliphatic heterocycles. The zero-order valence-corrected chi connectivity index (χ0v) is 17.4. The van der Waals surface area contributed by atoms with Gasteiger partial charge in [-0.25, -0.2) is 0 Å². The Balaban J connectivity index is 1.54. The SMILES string of the molecule is O=C(CCOc1cccc(Cl)c1)NCC1(c2cccc(Br)c2)CCOCC1. The molecule has 2 aromatic rings. The Bertz CT molecular complexity index is 778. The van der Waals surface area contributed by atoms with E-state index in [1.54, 1.807) is 12.1 Å². The Morgan fingerprint density at radius 1 is 1.19 bits per heavy atom. The smallest absolute Gasteiger partial charge is 0.223 e. The first kappa shape index (κ1) is 20.2. The monoisotopic (exact) mass is 451 g/mol. The van der Waals surface area contributed by atoms with Crippen LogP contribution in [0.15, 0.2) is 53.0 Å². The molecule has 1 heterocycles. The number of rotatable bonds is 7. The van der Waals surface area contributed by atoms with Gasteiger partial charge in [-0.2, -0.15) is 0 Å². The molecule has 1 amide bonds. The lowest BCUT2D eigenvalue weighted by Crippen LogP contribution is -2.44. The van der Waals surface area contributed by atoms with E-state index >= 15 is 0 Å². The number of nitrogens with one attached hydrogen (secondary N) is 1. The normalized spacial score (nSPS) is 15.9. The number of hydrogen-bond donors (Lipinski definition) is 1. The largest absolute Gasteiger partial charge is 0.493 e. The third-order valence-electron chi connectivity index (χ3n) is 4.90. The number of hydrogen-bond acceptors (Lipinski definition) is 3. The quantitative estimate of drug-likeness (QED) is 0.660. The summed E-state index contributed by atoms with van der Waals surface area (Å²) < 4.78 is 12.2. The van der Waals surface area contributed by atoms with Crippen LogP contribution in [0.25, 0.3) is 0 Å². The van der Waals surface area contributed by atoms with E-state index in [0.29, 0.717) is 43.6 Å². The molecule has 0 aromatic heterocycles. The van der Waals surface area contributed by atoms with Crippen LogP contribution in [-0.4, -0.2) is 32.3 Å². The number of carbonyl (C=O) groups excluding carboxylic acids is 1. The first-order valence-electron chi connectivity index (χ1n) is 9.06. The maximum atomic E-state index is 12.3. The van der Waals surface area contributed by atoms with Crippen LogP contribution in [-0.2, 0) is 14.9 Å². The van der Waals surface area contributed by atoms with Crippen LogP contribution in [0.5, 0.6) is 5.75 Å². The average Bonchev–Trinajstić information content (AvgIpc) is 2.67. The van der Waals surface area contributed by atoms with Crippen LogP contribution >= 0.6 is 27.5 Å². The van der Waals surface area contributed by atoms with Crippen molar-refractivity contribution in [2.75, 3.05) is 26.4 Å². The molecular weight excluding hydrogens is 430 g/mol. The van der Waals surface area contributed by atoms with Gasteiger partial charge in [0, 0.05) is 34.7 Å². The van der Waals surface area contributed by atoms with Gasteiger partial charge in [0.15, 0.2) is 0 Å². The highest BCUT2D eigenvalue weighted by molar-refractivity contribution is 9.10. The van der Waals surface area contributed by atoms with Crippen molar-refractivity contribution in [3.8, 4) is 5.75 Å². The molecule has 1 fully saturated rings. The van der Waals surface area contributed by atoms with E-state index in [-0.39, 0.29) is 11.3 Å². The lowest BCUT2D eigenvalue weighted by molar-refractivity contribution is -0.122. The second-order valence-corrected chi connectivity index (χ2v) is 8.09. The van der Waals surface area contributed by atoms with Gasteiger partial charge in [0.05, 0.1) is 13.0 Å². The van der Waals surface area contributed by atoms with Gasteiger partial charge in [-0.15, -0.1) is 0 Å². The Morgan fingerprint density at radius 3 is 2.70 bits per heavy atom.